The Hall–Kier alpha value is -2.06. The number of hydrogen-bond donors (Lipinski definition) is 1. The zero-order valence-corrected chi connectivity index (χ0v) is 23.7. The van der Waals surface area contributed by atoms with Crippen LogP contribution in [-0.2, 0) is 21.2 Å². The smallest absolute Gasteiger partial charge is 0.235 e. The molecule has 2 heterocycles. The Labute approximate surface area is 226 Å². The van der Waals surface area contributed by atoms with Crippen LogP contribution in [0.2, 0.25) is 0 Å². The molecule has 0 saturated heterocycles. The summed E-state index contributed by atoms with van der Waals surface area (Å²) in [6.45, 7) is 3.57. The highest BCUT2D eigenvalue weighted by molar-refractivity contribution is 9.10. The van der Waals surface area contributed by atoms with E-state index >= 15 is 0 Å². The maximum Gasteiger partial charge on any atom is 0.235 e. The van der Waals surface area contributed by atoms with Gasteiger partial charge in [0.15, 0.2) is 0 Å². The van der Waals surface area contributed by atoms with Gasteiger partial charge in [-0.05, 0) is 65.3 Å². The van der Waals surface area contributed by atoms with E-state index in [9.17, 15) is 17.6 Å². The quantitative estimate of drug-likeness (QED) is 0.137. The lowest BCUT2D eigenvalue weighted by Crippen LogP contribution is -2.13. The molecule has 35 heavy (non-hydrogen) atoms. The number of benzene rings is 2. The molecule has 0 saturated carbocycles. The second kappa shape index (κ2) is 10.5. The summed E-state index contributed by atoms with van der Waals surface area (Å²) in [6, 6.07) is 8.83. The standard InChI is InChI=1S/C22H17Br2FN4O3S3/c1-26-20-8-18(22(33-2)34-20)35(31,32)14-6-15(24)21-17(7-14)29(11-27-21)10-12-5-13(3-4-16(12)25)28-19(30)9-23/h3-8,11H,1,9-10H2,2H3,(H,28,30). The Morgan fingerprint density at radius 2 is 2.09 bits per heavy atom. The van der Waals surface area contributed by atoms with Crippen molar-refractivity contribution >= 4 is 99.1 Å². The first-order valence-electron chi connectivity index (χ1n) is 9.86. The number of nitrogens with zero attached hydrogens (tertiary/aromatic N) is 3. The summed E-state index contributed by atoms with van der Waals surface area (Å²) >= 11 is 9.09. The van der Waals surface area contributed by atoms with Gasteiger partial charge in [0.05, 0.1) is 37.7 Å². The first-order valence-corrected chi connectivity index (χ1v) is 15.3. The lowest BCUT2D eigenvalue weighted by atomic mass is 10.1. The third-order valence-electron chi connectivity index (χ3n) is 5.04. The summed E-state index contributed by atoms with van der Waals surface area (Å²) in [7, 11) is -3.88. The van der Waals surface area contributed by atoms with Gasteiger partial charge in [-0.1, -0.05) is 15.9 Å². The molecule has 0 aliphatic rings. The van der Waals surface area contributed by atoms with Crippen LogP contribution in [0.25, 0.3) is 11.0 Å². The van der Waals surface area contributed by atoms with Crippen molar-refractivity contribution in [2.45, 2.75) is 20.5 Å². The Balaban J connectivity index is 1.78. The molecule has 7 nitrogen and oxygen atoms in total. The van der Waals surface area contributed by atoms with Gasteiger partial charge in [-0.15, -0.1) is 23.1 Å². The average Bonchev–Trinajstić information content (AvgIpc) is 3.46. The van der Waals surface area contributed by atoms with Crippen molar-refractivity contribution in [3.8, 4) is 0 Å². The number of aromatic nitrogens is 2. The van der Waals surface area contributed by atoms with Crippen molar-refractivity contribution in [2.24, 2.45) is 4.99 Å². The first kappa shape index (κ1) is 26.0. The fourth-order valence-electron chi connectivity index (χ4n) is 3.41. The highest BCUT2D eigenvalue weighted by Gasteiger charge is 2.26. The summed E-state index contributed by atoms with van der Waals surface area (Å²) < 4.78 is 44.4. The van der Waals surface area contributed by atoms with E-state index in [0.717, 1.165) is 0 Å². The Morgan fingerprint density at radius 1 is 1.31 bits per heavy atom. The maximum atomic E-state index is 14.6. The molecule has 13 heteroatoms. The number of amides is 1. The summed E-state index contributed by atoms with van der Waals surface area (Å²) in [6.07, 6.45) is 3.32. The number of sulfone groups is 1. The fraction of sp³-hybridized carbons (Fsp3) is 0.136. The van der Waals surface area contributed by atoms with Gasteiger partial charge in [0.1, 0.15) is 16.3 Å². The predicted molar refractivity (Wildman–Crippen MR) is 146 cm³/mol. The van der Waals surface area contributed by atoms with E-state index in [1.165, 1.54) is 65.8 Å². The predicted octanol–water partition coefficient (Wildman–Crippen LogP) is 6.27. The van der Waals surface area contributed by atoms with Crippen LogP contribution < -0.4 is 5.32 Å². The normalized spacial score (nSPS) is 11.7. The largest absolute Gasteiger partial charge is 0.326 e. The number of thiophene rings is 1. The van der Waals surface area contributed by atoms with Crippen LogP contribution in [0, 0.1) is 5.82 Å². The summed E-state index contributed by atoms with van der Waals surface area (Å²) in [4.78, 5) is 20.2. The molecule has 0 unspecified atom stereocenters. The molecule has 182 valence electrons. The number of alkyl halides is 1. The highest BCUT2D eigenvalue weighted by Crippen LogP contribution is 2.41. The van der Waals surface area contributed by atoms with Gasteiger partial charge in [0.25, 0.3) is 0 Å². The minimum absolute atomic E-state index is 0.0705. The van der Waals surface area contributed by atoms with Gasteiger partial charge in [-0.2, -0.15) is 0 Å². The number of anilines is 1. The number of halogens is 3. The van der Waals surface area contributed by atoms with E-state index in [1.54, 1.807) is 10.8 Å². The molecule has 0 atom stereocenters. The molecule has 2 aromatic carbocycles. The van der Waals surface area contributed by atoms with Crippen molar-refractivity contribution in [2.75, 3.05) is 16.9 Å². The second-order valence-electron chi connectivity index (χ2n) is 7.24. The third-order valence-corrected chi connectivity index (χ3v) is 10.4. The van der Waals surface area contributed by atoms with Crippen LogP contribution >= 0.6 is 55.0 Å². The van der Waals surface area contributed by atoms with Crippen molar-refractivity contribution < 1.29 is 17.6 Å². The number of thioether (sulfide) groups is 1. The molecule has 0 spiro atoms. The van der Waals surface area contributed by atoms with E-state index < -0.39 is 15.7 Å². The van der Waals surface area contributed by atoms with E-state index in [2.05, 4.69) is 53.9 Å². The van der Waals surface area contributed by atoms with Crippen LogP contribution in [-0.4, -0.2) is 42.2 Å². The molecule has 0 fully saturated rings. The Bertz CT molecular complexity index is 1570. The van der Waals surface area contributed by atoms with Crippen LogP contribution in [0.5, 0.6) is 0 Å². The number of fused-ring (bicyclic) bond motifs is 1. The molecule has 4 aromatic rings. The summed E-state index contributed by atoms with van der Waals surface area (Å²) in [5.41, 5.74) is 1.81. The molecule has 1 N–H and O–H groups in total. The first-order chi connectivity index (χ1) is 16.7. The zero-order chi connectivity index (χ0) is 25.3. The van der Waals surface area contributed by atoms with Gasteiger partial charge < -0.3 is 9.88 Å². The van der Waals surface area contributed by atoms with Crippen molar-refractivity contribution in [3.05, 3.63) is 58.6 Å². The van der Waals surface area contributed by atoms with Gasteiger partial charge in [0.2, 0.25) is 15.7 Å². The van der Waals surface area contributed by atoms with E-state index in [4.69, 9.17) is 0 Å². The van der Waals surface area contributed by atoms with Crippen LogP contribution in [0.4, 0.5) is 15.1 Å². The third kappa shape index (κ3) is 5.24. The number of carbonyl (C=O) groups excluding carboxylic acids is 1. The Morgan fingerprint density at radius 3 is 2.77 bits per heavy atom. The topological polar surface area (TPSA) is 93.4 Å². The lowest BCUT2D eigenvalue weighted by molar-refractivity contribution is -0.113. The summed E-state index contributed by atoms with van der Waals surface area (Å²) in [5, 5.41) is 3.30. The van der Waals surface area contributed by atoms with Crippen LogP contribution in [0.15, 0.2) is 66.2 Å². The van der Waals surface area contributed by atoms with Gasteiger partial charge in [0, 0.05) is 15.7 Å². The molecule has 0 aliphatic heterocycles. The van der Waals surface area contributed by atoms with Gasteiger partial charge >= 0.3 is 0 Å². The lowest BCUT2D eigenvalue weighted by Gasteiger charge is -2.11. The average molecular weight is 660 g/mol. The highest BCUT2D eigenvalue weighted by atomic mass is 79.9. The fourth-order valence-corrected chi connectivity index (χ4v) is 8.08. The van der Waals surface area contributed by atoms with Crippen LogP contribution in [0.3, 0.4) is 0 Å². The van der Waals surface area contributed by atoms with E-state index in [0.29, 0.717) is 36.0 Å². The SMILES string of the molecule is C=Nc1cc(S(=O)(=O)c2cc(Br)c3ncn(Cc4cc(NC(=O)CBr)ccc4F)c3c2)c(SC)s1. The number of imidazole rings is 1. The number of hydrogen-bond acceptors (Lipinski definition) is 7. The minimum Gasteiger partial charge on any atom is -0.326 e. The van der Waals surface area contributed by atoms with E-state index in [1.807, 2.05) is 0 Å². The van der Waals surface area contributed by atoms with Crippen molar-refractivity contribution in [1.29, 1.82) is 0 Å². The molecule has 0 aliphatic carbocycles. The van der Waals surface area contributed by atoms with Crippen LogP contribution in [0.1, 0.15) is 5.56 Å². The molecule has 0 radical (unpaired) electrons. The molecule has 4 rings (SSSR count). The molecular formula is C22H17Br2FN4O3S3. The molecule has 2 aromatic heterocycles. The minimum atomic E-state index is -3.88. The van der Waals surface area contributed by atoms with Crippen molar-refractivity contribution in [3.63, 3.8) is 0 Å². The maximum absolute atomic E-state index is 14.6. The monoisotopic (exact) mass is 658 g/mol. The van der Waals surface area contributed by atoms with Gasteiger partial charge in [-0.3, -0.25) is 9.79 Å². The summed E-state index contributed by atoms with van der Waals surface area (Å²) in [5.74, 6) is -0.721. The van der Waals surface area contributed by atoms with E-state index in [-0.39, 0.29) is 27.6 Å². The number of aliphatic imine (C=N–C) groups is 1. The second-order valence-corrected chi connectivity index (χ2v) is 12.7. The number of nitrogens with one attached hydrogen (secondary N) is 1. The number of carbonyl (C=O) groups is 1. The van der Waals surface area contributed by atoms with Crippen molar-refractivity contribution in [1.82, 2.24) is 9.55 Å². The number of rotatable bonds is 8. The molecular weight excluding hydrogens is 643 g/mol. The zero-order valence-electron chi connectivity index (χ0n) is 18.1. The molecule has 0 bridgehead atoms. The van der Waals surface area contributed by atoms with Gasteiger partial charge in [-0.25, -0.2) is 17.8 Å². The molecule has 1 amide bonds. The Kier molecular flexibility index (Phi) is 7.81.